The molecule has 1 rings (SSSR count). The normalized spacial score (nSPS) is 11.2. The van der Waals surface area contributed by atoms with Crippen molar-refractivity contribution in [1.82, 2.24) is 5.32 Å². The highest BCUT2D eigenvalue weighted by atomic mass is 127. The fourth-order valence-corrected chi connectivity index (χ4v) is 2.61. The van der Waals surface area contributed by atoms with Crippen LogP contribution in [0.5, 0.6) is 0 Å². The molecule has 0 unspecified atom stereocenters. The average molecular weight is 419 g/mol. The van der Waals surface area contributed by atoms with Crippen molar-refractivity contribution in [3.05, 3.63) is 32.4 Å². The molecule has 5 nitrogen and oxygen atoms in total. The van der Waals surface area contributed by atoms with Gasteiger partial charge in [0.15, 0.2) is 0 Å². The van der Waals surface area contributed by atoms with Crippen LogP contribution in [0.2, 0.25) is 0 Å². The fraction of sp³-hybridized carbons (Fsp3) is 0.500. The summed E-state index contributed by atoms with van der Waals surface area (Å²) in [6.07, 6.45) is 0. The monoisotopic (exact) mass is 419 g/mol. The molecule has 22 heavy (non-hydrogen) atoms. The topological polar surface area (TPSA) is 64.6 Å². The number of benzene rings is 1. The largest absolute Gasteiger partial charge is 0.465 e. The fourth-order valence-electron chi connectivity index (χ4n) is 1.92. The zero-order chi connectivity index (χ0) is 16.9. The lowest BCUT2D eigenvalue weighted by Gasteiger charge is -2.19. The molecule has 0 saturated carbocycles. The summed E-state index contributed by atoms with van der Waals surface area (Å²) in [7, 11) is 1.36. The molecule has 0 aliphatic heterocycles. The highest BCUT2D eigenvalue weighted by Gasteiger charge is 2.17. The average Bonchev–Trinajstić information content (AvgIpc) is 2.39. The Kier molecular flexibility index (Phi) is 6.80. The van der Waals surface area contributed by atoms with E-state index in [0.29, 0.717) is 12.1 Å². The van der Waals surface area contributed by atoms with Crippen LogP contribution in [0.15, 0.2) is 12.1 Å². The van der Waals surface area contributed by atoms with Gasteiger partial charge in [0, 0.05) is 10.1 Å². The summed E-state index contributed by atoms with van der Waals surface area (Å²) in [5.41, 5.74) is 1.86. The number of carbonyl (C=O) groups excluding carboxylic acids is 2. The zero-order valence-corrected chi connectivity index (χ0v) is 15.7. The zero-order valence-electron chi connectivity index (χ0n) is 13.6. The molecule has 1 aromatic rings. The maximum atomic E-state index is 11.8. The smallest absolute Gasteiger partial charge is 0.338 e. The van der Waals surface area contributed by atoms with Crippen LogP contribution in [-0.4, -0.2) is 31.2 Å². The van der Waals surface area contributed by atoms with E-state index in [1.165, 1.54) is 7.11 Å². The lowest BCUT2D eigenvalue weighted by molar-refractivity contribution is -0.153. The van der Waals surface area contributed by atoms with E-state index in [1.54, 1.807) is 6.07 Å². The van der Waals surface area contributed by atoms with E-state index in [4.69, 9.17) is 9.47 Å². The minimum Gasteiger partial charge on any atom is -0.465 e. The predicted octanol–water partition coefficient (Wildman–Crippen LogP) is 2.82. The van der Waals surface area contributed by atoms with Crippen LogP contribution in [0.3, 0.4) is 0 Å². The third-order valence-electron chi connectivity index (χ3n) is 2.89. The molecule has 1 N–H and O–H groups in total. The Morgan fingerprint density at radius 2 is 1.91 bits per heavy atom. The summed E-state index contributed by atoms with van der Waals surface area (Å²) < 4.78 is 11.0. The Morgan fingerprint density at radius 3 is 2.45 bits per heavy atom. The molecular weight excluding hydrogens is 397 g/mol. The molecule has 0 atom stereocenters. The minimum absolute atomic E-state index is 0.121. The molecule has 0 aromatic heterocycles. The Morgan fingerprint density at radius 1 is 1.27 bits per heavy atom. The van der Waals surface area contributed by atoms with Crippen LogP contribution in [0.1, 0.15) is 42.3 Å². The van der Waals surface area contributed by atoms with Gasteiger partial charge in [0.25, 0.3) is 0 Å². The first-order chi connectivity index (χ1) is 10.1. The SMILES string of the molecule is COC(=O)c1cc(I)cc(CNCC(=O)OC(C)(C)C)c1C. The second-order valence-electron chi connectivity index (χ2n) is 5.92. The van der Waals surface area contributed by atoms with E-state index < -0.39 is 5.60 Å². The summed E-state index contributed by atoms with van der Waals surface area (Å²) in [6.45, 7) is 7.96. The number of carbonyl (C=O) groups is 2. The Labute approximate surface area is 144 Å². The molecule has 0 fully saturated rings. The van der Waals surface area contributed by atoms with Crippen molar-refractivity contribution >= 4 is 34.5 Å². The molecular formula is C16H22INO4. The van der Waals surface area contributed by atoms with Crippen LogP contribution >= 0.6 is 22.6 Å². The number of hydrogen-bond donors (Lipinski definition) is 1. The van der Waals surface area contributed by atoms with E-state index in [9.17, 15) is 9.59 Å². The highest BCUT2D eigenvalue weighted by Crippen LogP contribution is 2.19. The first-order valence-corrected chi connectivity index (χ1v) is 8.02. The van der Waals surface area contributed by atoms with Crippen LogP contribution in [0.4, 0.5) is 0 Å². The lowest BCUT2D eigenvalue weighted by atomic mass is 10.0. The second kappa shape index (κ2) is 7.92. The van der Waals surface area contributed by atoms with Crippen molar-refractivity contribution in [3.63, 3.8) is 0 Å². The number of ether oxygens (including phenoxy) is 2. The molecule has 0 aliphatic rings. The van der Waals surface area contributed by atoms with Gasteiger partial charge >= 0.3 is 11.9 Å². The maximum Gasteiger partial charge on any atom is 0.338 e. The van der Waals surface area contributed by atoms with E-state index >= 15 is 0 Å². The third kappa shape index (κ3) is 5.92. The van der Waals surface area contributed by atoms with Gasteiger partial charge in [-0.15, -0.1) is 0 Å². The second-order valence-corrected chi connectivity index (χ2v) is 7.16. The quantitative estimate of drug-likeness (QED) is 0.588. The van der Waals surface area contributed by atoms with Crippen molar-refractivity contribution < 1.29 is 19.1 Å². The van der Waals surface area contributed by atoms with E-state index in [-0.39, 0.29) is 18.5 Å². The molecule has 0 amide bonds. The summed E-state index contributed by atoms with van der Waals surface area (Å²) in [4.78, 5) is 23.4. The number of hydrogen-bond acceptors (Lipinski definition) is 5. The van der Waals surface area contributed by atoms with Crippen LogP contribution in [-0.2, 0) is 20.8 Å². The number of esters is 2. The van der Waals surface area contributed by atoms with Gasteiger partial charge < -0.3 is 14.8 Å². The third-order valence-corrected chi connectivity index (χ3v) is 3.51. The molecule has 122 valence electrons. The van der Waals surface area contributed by atoms with Crippen LogP contribution in [0, 0.1) is 10.5 Å². The Hall–Kier alpha value is -1.15. The van der Waals surface area contributed by atoms with Gasteiger partial charge in [-0.2, -0.15) is 0 Å². The van der Waals surface area contributed by atoms with E-state index in [2.05, 4.69) is 27.9 Å². The number of nitrogens with one attached hydrogen (secondary N) is 1. The van der Waals surface area contributed by atoms with Crippen molar-refractivity contribution in [2.24, 2.45) is 0 Å². The van der Waals surface area contributed by atoms with Crippen molar-refractivity contribution in [2.45, 2.75) is 39.8 Å². The number of rotatable bonds is 5. The molecule has 0 saturated heterocycles. The molecule has 1 aromatic carbocycles. The van der Waals surface area contributed by atoms with Crippen molar-refractivity contribution in [2.75, 3.05) is 13.7 Å². The van der Waals surface area contributed by atoms with Gasteiger partial charge in [-0.05, 0) is 73.5 Å². The molecule has 0 spiro atoms. The molecule has 6 heteroatoms. The first-order valence-electron chi connectivity index (χ1n) is 6.94. The minimum atomic E-state index is -0.491. The van der Waals surface area contributed by atoms with Gasteiger partial charge in [-0.1, -0.05) is 0 Å². The van der Waals surface area contributed by atoms with Crippen molar-refractivity contribution in [3.8, 4) is 0 Å². The van der Waals surface area contributed by atoms with E-state index in [1.807, 2.05) is 33.8 Å². The standard InChI is InChI=1S/C16H22INO4/c1-10-11(6-12(17)7-13(10)15(20)21-5)8-18-9-14(19)22-16(2,3)4/h6-7,18H,8-9H2,1-5H3. The lowest BCUT2D eigenvalue weighted by Crippen LogP contribution is -2.31. The molecule has 0 bridgehead atoms. The summed E-state index contributed by atoms with van der Waals surface area (Å²) >= 11 is 2.15. The molecule has 0 radical (unpaired) electrons. The summed E-state index contributed by atoms with van der Waals surface area (Å²) in [5.74, 6) is -0.659. The van der Waals surface area contributed by atoms with E-state index in [0.717, 1.165) is 14.7 Å². The van der Waals surface area contributed by atoms with Crippen LogP contribution in [0.25, 0.3) is 0 Å². The molecule has 0 heterocycles. The van der Waals surface area contributed by atoms with Gasteiger partial charge in [0.1, 0.15) is 5.60 Å². The molecule has 0 aliphatic carbocycles. The summed E-state index contributed by atoms with van der Waals surface area (Å²) in [5, 5.41) is 3.05. The van der Waals surface area contributed by atoms with Gasteiger partial charge in [-0.25, -0.2) is 4.79 Å². The predicted molar refractivity (Wildman–Crippen MR) is 92.8 cm³/mol. The number of halogens is 1. The van der Waals surface area contributed by atoms with Gasteiger partial charge in [-0.3, -0.25) is 4.79 Å². The summed E-state index contributed by atoms with van der Waals surface area (Å²) in [6, 6.07) is 3.77. The first kappa shape index (κ1) is 18.9. The Balaban J connectivity index is 2.72. The van der Waals surface area contributed by atoms with Gasteiger partial charge in [0.05, 0.1) is 19.2 Å². The van der Waals surface area contributed by atoms with Crippen LogP contribution < -0.4 is 5.32 Å². The highest BCUT2D eigenvalue weighted by molar-refractivity contribution is 14.1. The Bertz CT molecular complexity index is 564. The number of methoxy groups -OCH3 is 1. The maximum absolute atomic E-state index is 11.8. The van der Waals surface area contributed by atoms with Crippen molar-refractivity contribution in [1.29, 1.82) is 0 Å². The van der Waals surface area contributed by atoms with Gasteiger partial charge in [0.2, 0.25) is 0 Å².